The van der Waals surface area contributed by atoms with Crippen molar-refractivity contribution in [2.45, 2.75) is 44.4 Å². The molecule has 2 aromatic rings. The van der Waals surface area contributed by atoms with Crippen LogP contribution in [0.4, 0.5) is 0 Å². The first-order valence-corrected chi connectivity index (χ1v) is 8.12. The van der Waals surface area contributed by atoms with E-state index in [2.05, 4.69) is 27.8 Å². The molecule has 1 fully saturated rings. The molecular formula is C16H20N2OS. The smallest absolute Gasteiger partial charge is 0.107 e. The quantitative estimate of drug-likeness (QED) is 0.908. The Kier molecular flexibility index (Phi) is 4.45. The van der Waals surface area contributed by atoms with Gasteiger partial charge in [0.1, 0.15) is 5.01 Å². The highest BCUT2D eigenvalue weighted by atomic mass is 32.1. The van der Waals surface area contributed by atoms with Gasteiger partial charge in [0.15, 0.2) is 0 Å². The molecule has 20 heavy (non-hydrogen) atoms. The Morgan fingerprint density at radius 3 is 2.80 bits per heavy atom. The maximum absolute atomic E-state index is 9.95. The van der Waals surface area contributed by atoms with Crippen LogP contribution in [-0.4, -0.2) is 22.2 Å². The normalized spacial score (nSPS) is 22.9. The molecule has 0 bridgehead atoms. The van der Waals surface area contributed by atoms with Crippen LogP contribution in [0.15, 0.2) is 35.7 Å². The maximum Gasteiger partial charge on any atom is 0.107 e. The summed E-state index contributed by atoms with van der Waals surface area (Å²) in [6.07, 6.45) is 4.15. The SMILES string of the molecule is OC1CCCCC1NCc1nc(-c2ccccc2)cs1. The number of aliphatic hydroxyl groups excluding tert-OH is 1. The molecule has 2 atom stereocenters. The number of thiazole rings is 1. The van der Waals surface area contributed by atoms with Crippen molar-refractivity contribution in [1.29, 1.82) is 0 Å². The minimum atomic E-state index is -0.197. The van der Waals surface area contributed by atoms with E-state index in [1.165, 1.54) is 6.42 Å². The number of rotatable bonds is 4. The summed E-state index contributed by atoms with van der Waals surface area (Å²) in [4.78, 5) is 4.66. The lowest BCUT2D eigenvalue weighted by atomic mass is 9.93. The molecule has 0 saturated heterocycles. The number of benzene rings is 1. The summed E-state index contributed by atoms with van der Waals surface area (Å²) in [5.41, 5.74) is 2.20. The molecule has 0 radical (unpaired) electrons. The third-order valence-electron chi connectivity index (χ3n) is 3.87. The van der Waals surface area contributed by atoms with Crippen LogP contribution < -0.4 is 5.32 Å². The van der Waals surface area contributed by atoms with E-state index in [4.69, 9.17) is 0 Å². The molecule has 1 aromatic carbocycles. The molecule has 2 unspecified atom stereocenters. The monoisotopic (exact) mass is 288 g/mol. The Bertz CT molecular complexity index is 540. The topological polar surface area (TPSA) is 45.1 Å². The number of nitrogens with zero attached hydrogens (tertiary/aromatic N) is 1. The minimum absolute atomic E-state index is 0.197. The van der Waals surface area contributed by atoms with Gasteiger partial charge in [0.05, 0.1) is 11.8 Å². The van der Waals surface area contributed by atoms with Gasteiger partial charge < -0.3 is 10.4 Å². The van der Waals surface area contributed by atoms with Gasteiger partial charge in [0.2, 0.25) is 0 Å². The van der Waals surface area contributed by atoms with Crippen LogP contribution in [0.1, 0.15) is 30.7 Å². The summed E-state index contributed by atoms with van der Waals surface area (Å²) < 4.78 is 0. The fourth-order valence-electron chi connectivity index (χ4n) is 2.70. The summed E-state index contributed by atoms with van der Waals surface area (Å²) in [7, 11) is 0. The highest BCUT2D eigenvalue weighted by molar-refractivity contribution is 7.09. The van der Waals surface area contributed by atoms with Crippen LogP contribution in [0.25, 0.3) is 11.3 Å². The van der Waals surface area contributed by atoms with Crippen LogP contribution in [0, 0.1) is 0 Å². The molecule has 0 aliphatic heterocycles. The number of nitrogens with one attached hydrogen (secondary N) is 1. The van der Waals surface area contributed by atoms with Crippen LogP contribution in [-0.2, 0) is 6.54 Å². The molecule has 1 aliphatic carbocycles. The van der Waals surface area contributed by atoms with Gasteiger partial charge >= 0.3 is 0 Å². The second kappa shape index (κ2) is 6.48. The van der Waals surface area contributed by atoms with Crippen molar-refractivity contribution in [3.05, 3.63) is 40.7 Å². The van der Waals surface area contributed by atoms with Crippen molar-refractivity contribution in [2.75, 3.05) is 0 Å². The molecule has 3 nitrogen and oxygen atoms in total. The van der Waals surface area contributed by atoms with E-state index >= 15 is 0 Å². The van der Waals surface area contributed by atoms with Gasteiger partial charge in [-0.25, -0.2) is 4.98 Å². The molecule has 3 rings (SSSR count). The molecule has 106 valence electrons. The fourth-order valence-corrected chi connectivity index (χ4v) is 3.46. The van der Waals surface area contributed by atoms with Crippen LogP contribution in [0.3, 0.4) is 0 Å². The molecule has 0 amide bonds. The van der Waals surface area contributed by atoms with Gasteiger partial charge in [-0.3, -0.25) is 0 Å². The van der Waals surface area contributed by atoms with E-state index in [1.807, 2.05) is 18.2 Å². The molecule has 1 aromatic heterocycles. The zero-order valence-electron chi connectivity index (χ0n) is 11.5. The molecule has 4 heteroatoms. The zero-order valence-corrected chi connectivity index (χ0v) is 12.3. The van der Waals surface area contributed by atoms with Gasteiger partial charge in [-0.05, 0) is 12.8 Å². The van der Waals surface area contributed by atoms with Crippen molar-refractivity contribution >= 4 is 11.3 Å². The lowest BCUT2D eigenvalue weighted by molar-refractivity contribution is 0.0902. The average molecular weight is 288 g/mol. The molecule has 1 heterocycles. The minimum Gasteiger partial charge on any atom is -0.392 e. The van der Waals surface area contributed by atoms with Crippen molar-refractivity contribution < 1.29 is 5.11 Å². The summed E-state index contributed by atoms with van der Waals surface area (Å²) in [5.74, 6) is 0. The molecule has 1 saturated carbocycles. The molecule has 1 aliphatic rings. The van der Waals surface area contributed by atoms with Crippen molar-refractivity contribution in [2.24, 2.45) is 0 Å². The average Bonchev–Trinajstić information content (AvgIpc) is 2.96. The molecule has 2 N–H and O–H groups in total. The Labute approximate surface area is 123 Å². The van der Waals surface area contributed by atoms with Crippen LogP contribution in [0.5, 0.6) is 0 Å². The van der Waals surface area contributed by atoms with E-state index in [0.717, 1.165) is 42.1 Å². The van der Waals surface area contributed by atoms with Gasteiger partial charge in [-0.1, -0.05) is 43.2 Å². The second-order valence-corrected chi connectivity index (χ2v) is 6.27. The fraction of sp³-hybridized carbons (Fsp3) is 0.438. The molecule has 0 spiro atoms. The van der Waals surface area contributed by atoms with E-state index in [0.29, 0.717) is 0 Å². The lowest BCUT2D eigenvalue weighted by Crippen LogP contribution is -2.41. The summed E-state index contributed by atoms with van der Waals surface area (Å²) in [6, 6.07) is 10.5. The summed E-state index contributed by atoms with van der Waals surface area (Å²) >= 11 is 1.68. The first-order valence-electron chi connectivity index (χ1n) is 7.24. The Balaban J connectivity index is 1.60. The lowest BCUT2D eigenvalue weighted by Gasteiger charge is -2.28. The van der Waals surface area contributed by atoms with Crippen molar-refractivity contribution in [1.82, 2.24) is 10.3 Å². The van der Waals surface area contributed by atoms with Gasteiger partial charge in [-0.15, -0.1) is 11.3 Å². The van der Waals surface area contributed by atoms with E-state index < -0.39 is 0 Å². The number of aromatic nitrogens is 1. The van der Waals surface area contributed by atoms with E-state index in [-0.39, 0.29) is 12.1 Å². The number of aliphatic hydroxyl groups is 1. The number of hydrogen-bond acceptors (Lipinski definition) is 4. The van der Waals surface area contributed by atoms with Gasteiger partial charge in [-0.2, -0.15) is 0 Å². The van der Waals surface area contributed by atoms with Crippen LogP contribution in [0.2, 0.25) is 0 Å². The first kappa shape index (κ1) is 13.7. The van der Waals surface area contributed by atoms with Gasteiger partial charge in [0.25, 0.3) is 0 Å². The summed E-state index contributed by atoms with van der Waals surface area (Å²) in [6.45, 7) is 0.749. The second-order valence-electron chi connectivity index (χ2n) is 5.33. The number of hydrogen-bond donors (Lipinski definition) is 2. The Hall–Kier alpha value is -1.23. The maximum atomic E-state index is 9.95. The molecular weight excluding hydrogens is 268 g/mol. The van der Waals surface area contributed by atoms with Crippen LogP contribution >= 0.6 is 11.3 Å². The van der Waals surface area contributed by atoms with E-state index in [9.17, 15) is 5.11 Å². The zero-order chi connectivity index (χ0) is 13.8. The highest BCUT2D eigenvalue weighted by Crippen LogP contribution is 2.22. The Morgan fingerprint density at radius 1 is 1.20 bits per heavy atom. The van der Waals surface area contributed by atoms with E-state index in [1.54, 1.807) is 11.3 Å². The van der Waals surface area contributed by atoms with Crippen molar-refractivity contribution in [3.8, 4) is 11.3 Å². The Morgan fingerprint density at radius 2 is 2.00 bits per heavy atom. The van der Waals surface area contributed by atoms with Gasteiger partial charge in [0, 0.05) is 23.5 Å². The predicted molar refractivity (Wildman–Crippen MR) is 82.7 cm³/mol. The third-order valence-corrected chi connectivity index (χ3v) is 4.72. The predicted octanol–water partition coefficient (Wildman–Crippen LogP) is 3.20. The highest BCUT2D eigenvalue weighted by Gasteiger charge is 2.22. The summed E-state index contributed by atoms with van der Waals surface area (Å²) in [5, 5.41) is 16.6. The standard InChI is InChI=1S/C16H20N2OS/c19-15-9-5-4-8-13(15)17-10-16-18-14(11-20-16)12-6-2-1-3-7-12/h1-3,6-7,11,13,15,17,19H,4-5,8-10H2. The first-order chi connectivity index (χ1) is 9.83. The third kappa shape index (κ3) is 3.26. The largest absolute Gasteiger partial charge is 0.392 e. The van der Waals surface area contributed by atoms with Crippen molar-refractivity contribution in [3.63, 3.8) is 0 Å².